The van der Waals surface area contributed by atoms with E-state index in [1.165, 1.54) is 24.3 Å². The summed E-state index contributed by atoms with van der Waals surface area (Å²) in [6, 6.07) is 8.15. The van der Waals surface area contributed by atoms with Crippen molar-refractivity contribution in [2.24, 2.45) is 0 Å². The van der Waals surface area contributed by atoms with Gasteiger partial charge in [0.05, 0.1) is 10.6 Å². The Morgan fingerprint density at radius 2 is 1.81 bits per heavy atom. The minimum Gasteiger partial charge on any atom is -0.352 e. The molecular weight excluding hydrogens is 376 g/mol. The first kappa shape index (κ1) is 20.8. The molecule has 0 unspecified atom stereocenters. The molecule has 1 amide bonds. The van der Waals surface area contributed by atoms with Crippen LogP contribution in [0, 0.1) is 11.6 Å². The molecule has 0 heterocycles. The first-order valence-corrected chi connectivity index (χ1v) is 9.68. The zero-order valence-electron chi connectivity index (χ0n) is 15.0. The van der Waals surface area contributed by atoms with Crippen molar-refractivity contribution in [3.8, 4) is 0 Å². The van der Waals surface area contributed by atoms with Crippen molar-refractivity contribution >= 4 is 21.6 Å². The number of hydrogen-bond donors (Lipinski definition) is 2. The molecule has 2 aromatic rings. The van der Waals surface area contributed by atoms with E-state index in [0.717, 1.165) is 31.2 Å². The molecule has 0 bridgehead atoms. The van der Waals surface area contributed by atoms with Crippen molar-refractivity contribution in [2.45, 2.75) is 11.3 Å². The summed E-state index contributed by atoms with van der Waals surface area (Å²) in [5, 5.41) is 2.72. The third-order valence-electron chi connectivity index (χ3n) is 3.65. The van der Waals surface area contributed by atoms with Gasteiger partial charge in [0.15, 0.2) is 11.6 Å². The topological polar surface area (TPSA) is 78.5 Å². The molecule has 0 aliphatic carbocycles. The zero-order chi connectivity index (χ0) is 20.0. The molecule has 2 aromatic carbocycles. The van der Waals surface area contributed by atoms with E-state index < -0.39 is 27.6 Å². The fourth-order valence-corrected chi connectivity index (χ4v) is 3.37. The molecule has 0 aliphatic rings. The van der Waals surface area contributed by atoms with Crippen molar-refractivity contribution in [3.05, 3.63) is 59.7 Å². The molecule has 0 aromatic heterocycles. The van der Waals surface area contributed by atoms with Crippen LogP contribution in [0.15, 0.2) is 47.4 Å². The van der Waals surface area contributed by atoms with Gasteiger partial charge in [0.1, 0.15) is 0 Å². The lowest BCUT2D eigenvalue weighted by molar-refractivity contribution is 0.0952. The summed E-state index contributed by atoms with van der Waals surface area (Å²) in [4.78, 5) is 14.0. The van der Waals surface area contributed by atoms with Gasteiger partial charge in [0, 0.05) is 18.2 Å². The quantitative estimate of drug-likeness (QED) is 0.671. The lowest BCUT2D eigenvalue weighted by Crippen LogP contribution is -2.27. The molecule has 0 radical (unpaired) electrons. The van der Waals surface area contributed by atoms with Gasteiger partial charge >= 0.3 is 0 Å². The predicted molar refractivity (Wildman–Crippen MR) is 99.1 cm³/mol. The van der Waals surface area contributed by atoms with Gasteiger partial charge in [0.25, 0.3) is 15.9 Å². The summed E-state index contributed by atoms with van der Waals surface area (Å²) in [6.45, 7) is 1.27. The van der Waals surface area contributed by atoms with E-state index in [0.29, 0.717) is 6.54 Å². The van der Waals surface area contributed by atoms with E-state index in [1.807, 2.05) is 19.0 Å². The van der Waals surface area contributed by atoms with Crippen molar-refractivity contribution in [3.63, 3.8) is 0 Å². The molecule has 0 saturated carbocycles. The Bertz CT molecular complexity index is 918. The third-order valence-corrected chi connectivity index (χ3v) is 5.02. The number of carbonyl (C=O) groups is 1. The van der Waals surface area contributed by atoms with E-state index in [1.54, 1.807) is 0 Å². The highest BCUT2D eigenvalue weighted by Crippen LogP contribution is 2.19. The monoisotopic (exact) mass is 397 g/mol. The number of sulfonamides is 1. The van der Waals surface area contributed by atoms with Gasteiger partial charge in [-0.15, -0.1) is 0 Å². The van der Waals surface area contributed by atoms with Gasteiger partial charge < -0.3 is 10.2 Å². The van der Waals surface area contributed by atoms with Crippen molar-refractivity contribution in [1.82, 2.24) is 10.2 Å². The van der Waals surface area contributed by atoms with Crippen LogP contribution in [0.4, 0.5) is 14.5 Å². The third kappa shape index (κ3) is 6.00. The minimum atomic E-state index is -4.06. The standard InChI is InChI=1S/C18H21F2N3O3S/c1-23(2)10-4-9-21-18(24)13-5-3-6-15(11-13)27(25,26)22-14-7-8-16(19)17(20)12-14/h3,5-8,11-12,22H,4,9-10H2,1-2H3,(H,21,24). The zero-order valence-corrected chi connectivity index (χ0v) is 15.8. The van der Waals surface area contributed by atoms with Crippen LogP contribution < -0.4 is 10.0 Å². The second-order valence-corrected chi connectivity index (χ2v) is 7.86. The summed E-state index contributed by atoms with van der Waals surface area (Å²) in [5.74, 6) is -2.63. The summed E-state index contributed by atoms with van der Waals surface area (Å²) >= 11 is 0. The second kappa shape index (κ2) is 8.92. The average Bonchev–Trinajstić information content (AvgIpc) is 2.61. The maximum absolute atomic E-state index is 13.3. The van der Waals surface area contributed by atoms with E-state index in [-0.39, 0.29) is 16.1 Å². The van der Waals surface area contributed by atoms with Crippen LogP contribution in [0.1, 0.15) is 16.8 Å². The van der Waals surface area contributed by atoms with Crippen molar-refractivity contribution in [2.75, 3.05) is 31.9 Å². The Morgan fingerprint density at radius 1 is 1.07 bits per heavy atom. The Kier molecular flexibility index (Phi) is 6.86. The van der Waals surface area contributed by atoms with E-state index >= 15 is 0 Å². The Hall–Kier alpha value is -2.52. The fourth-order valence-electron chi connectivity index (χ4n) is 2.28. The highest BCUT2D eigenvalue weighted by Gasteiger charge is 2.17. The molecule has 2 rings (SSSR count). The summed E-state index contributed by atoms with van der Waals surface area (Å²) < 4.78 is 53.3. The van der Waals surface area contributed by atoms with Gasteiger partial charge in [-0.05, 0) is 57.4 Å². The Labute approximate surface area is 157 Å². The number of carbonyl (C=O) groups excluding carboxylic acids is 1. The van der Waals surface area contributed by atoms with Crippen molar-refractivity contribution < 1.29 is 22.0 Å². The minimum absolute atomic E-state index is 0.118. The maximum atomic E-state index is 13.3. The van der Waals surface area contributed by atoms with Gasteiger partial charge in [-0.1, -0.05) is 6.07 Å². The molecule has 0 fully saturated rings. The van der Waals surface area contributed by atoms with E-state index in [4.69, 9.17) is 0 Å². The number of rotatable bonds is 8. The first-order valence-electron chi connectivity index (χ1n) is 8.20. The normalized spacial score (nSPS) is 11.4. The molecule has 0 aliphatic heterocycles. The van der Waals surface area contributed by atoms with Gasteiger partial charge in [-0.25, -0.2) is 17.2 Å². The maximum Gasteiger partial charge on any atom is 0.261 e. The number of benzene rings is 2. The van der Waals surface area contributed by atoms with Crippen molar-refractivity contribution in [1.29, 1.82) is 0 Å². The number of hydrogen-bond acceptors (Lipinski definition) is 4. The molecule has 9 heteroatoms. The predicted octanol–water partition coefficient (Wildman–Crippen LogP) is 2.45. The first-order chi connectivity index (χ1) is 12.7. The lowest BCUT2D eigenvalue weighted by atomic mass is 10.2. The molecule has 2 N–H and O–H groups in total. The van der Waals surface area contributed by atoms with E-state index in [9.17, 15) is 22.0 Å². The van der Waals surface area contributed by atoms with Crippen LogP contribution >= 0.6 is 0 Å². The molecule has 27 heavy (non-hydrogen) atoms. The summed E-state index contributed by atoms with van der Waals surface area (Å²) in [7, 11) is -0.208. The van der Waals surface area contributed by atoms with Crippen LogP contribution in [0.2, 0.25) is 0 Å². The molecule has 0 saturated heterocycles. The number of nitrogens with one attached hydrogen (secondary N) is 2. The highest BCUT2D eigenvalue weighted by atomic mass is 32.2. The Balaban J connectivity index is 2.10. The van der Waals surface area contributed by atoms with Gasteiger partial charge in [0.2, 0.25) is 0 Å². The fraction of sp³-hybridized carbons (Fsp3) is 0.278. The summed E-state index contributed by atoms with van der Waals surface area (Å²) in [5.41, 5.74) is 0.0699. The second-order valence-electron chi connectivity index (χ2n) is 6.17. The largest absolute Gasteiger partial charge is 0.352 e. The number of halogens is 2. The van der Waals surface area contributed by atoms with Gasteiger partial charge in [-0.2, -0.15) is 0 Å². The average molecular weight is 397 g/mol. The van der Waals surface area contributed by atoms with Gasteiger partial charge in [-0.3, -0.25) is 9.52 Å². The molecule has 0 atom stereocenters. The SMILES string of the molecule is CN(C)CCCNC(=O)c1cccc(S(=O)(=O)Nc2ccc(F)c(F)c2)c1. The number of anilines is 1. The van der Waals surface area contributed by atoms with Crippen LogP contribution in [-0.2, 0) is 10.0 Å². The molecule has 6 nitrogen and oxygen atoms in total. The van der Waals surface area contributed by atoms with E-state index in [2.05, 4.69) is 10.0 Å². The number of nitrogens with zero attached hydrogens (tertiary/aromatic N) is 1. The number of amides is 1. The molecule has 146 valence electrons. The summed E-state index contributed by atoms with van der Waals surface area (Å²) in [6.07, 6.45) is 0.758. The smallest absolute Gasteiger partial charge is 0.261 e. The van der Waals surface area contributed by atoms with Crippen LogP contribution in [0.5, 0.6) is 0 Å². The van der Waals surface area contributed by atoms with Crippen LogP contribution in [0.3, 0.4) is 0 Å². The molecule has 0 spiro atoms. The van der Waals surface area contributed by atoms with Crippen LogP contribution in [-0.4, -0.2) is 46.4 Å². The van der Waals surface area contributed by atoms with Crippen LogP contribution in [0.25, 0.3) is 0 Å². The molecular formula is C18H21F2N3O3S. The Morgan fingerprint density at radius 3 is 2.48 bits per heavy atom. The highest BCUT2D eigenvalue weighted by molar-refractivity contribution is 7.92. The lowest BCUT2D eigenvalue weighted by Gasteiger charge is -2.11.